The second-order valence-electron chi connectivity index (χ2n) is 8.02. The number of likely N-dealkylation sites (tertiary alicyclic amines) is 1. The van der Waals surface area contributed by atoms with Crippen LogP contribution >= 0.6 is 11.6 Å². The van der Waals surface area contributed by atoms with Crippen molar-refractivity contribution in [3.05, 3.63) is 70.7 Å². The van der Waals surface area contributed by atoms with Crippen LogP contribution in [0.4, 0.5) is 0 Å². The number of benzene rings is 2. The number of halogens is 1. The molecule has 170 valence electrons. The van der Waals surface area contributed by atoms with E-state index < -0.39 is 6.04 Å². The van der Waals surface area contributed by atoms with Gasteiger partial charge in [-0.2, -0.15) is 0 Å². The van der Waals surface area contributed by atoms with Crippen LogP contribution in [0.3, 0.4) is 0 Å². The summed E-state index contributed by atoms with van der Waals surface area (Å²) in [7, 11) is 0. The Balaban J connectivity index is 1.54. The summed E-state index contributed by atoms with van der Waals surface area (Å²) >= 11 is 6.16. The van der Waals surface area contributed by atoms with Crippen LogP contribution in [0.2, 0.25) is 5.02 Å². The molecule has 7 heteroatoms. The molecule has 1 aliphatic rings. The minimum Gasteiger partial charge on any atom is -0.356 e. The van der Waals surface area contributed by atoms with Crippen molar-refractivity contribution in [1.82, 2.24) is 15.5 Å². The van der Waals surface area contributed by atoms with E-state index in [0.717, 1.165) is 31.4 Å². The van der Waals surface area contributed by atoms with Crippen LogP contribution in [-0.2, 0) is 9.59 Å². The van der Waals surface area contributed by atoms with Crippen LogP contribution in [0.1, 0.15) is 60.5 Å². The summed E-state index contributed by atoms with van der Waals surface area (Å²) in [6.07, 6.45) is 4.55. The third-order valence-electron chi connectivity index (χ3n) is 5.61. The first-order valence-electron chi connectivity index (χ1n) is 11.2. The number of rotatable bonds is 9. The Morgan fingerprint density at radius 3 is 2.53 bits per heavy atom. The van der Waals surface area contributed by atoms with Gasteiger partial charge >= 0.3 is 0 Å². The Morgan fingerprint density at radius 1 is 1.00 bits per heavy atom. The van der Waals surface area contributed by atoms with Crippen LogP contribution in [0.25, 0.3) is 0 Å². The van der Waals surface area contributed by atoms with Gasteiger partial charge < -0.3 is 15.5 Å². The van der Waals surface area contributed by atoms with Crippen molar-refractivity contribution in [3.8, 4) is 0 Å². The van der Waals surface area contributed by atoms with Gasteiger partial charge in [-0.15, -0.1) is 0 Å². The van der Waals surface area contributed by atoms with Gasteiger partial charge in [-0.1, -0.05) is 60.5 Å². The van der Waals surface area contributed by atoms with Crippen LogP contribution in [-0.4, -0.2) is 42.3 Å². The standard InChI is InChI=1S/C25H30ClN3O3/c26-21-13-7-6-12-20(21)25(32)28-22(19-10-3-1-4-11-19)18-23(30)27-15-9-17-29-16-8-2-5-14-24(29)31/h1,3-4,6-7,10-13,22H,2,5,8-9,14-18H2,(H,27,30)(H,28,32). The molecular weight excluding hydrogens is 426 g/mol. The van der Waals surface area contributed by atoms with Crippen molar-refractivity contribution in [2.75, 3.05) is 19.6 Å². The van der Waals surface area contributed by atoms with E-state index in [-0.39, 0.29) is 24.1 Å². The number of hydrogen-bond acceptors (Lipinski definition) is 3. The van der Waals surface area contributed by atoms with Crippen LogP contribution < -0.4 is 10.6 Å². The molecule has 1 fully saturated rings. The van der Waals surface area contributed by atoms with Gasteiger partial charge in [-0.3, -0.25) is 14.4 Å². The topological polar surface area (TPSA) is 78.5 Å². The molecule has 0 aromatic heterocycles. The maximum absolute atomic E-state index is 12.8. The van der Waals surface area contributed by atoms with E-state index in [1.165, 1.54) is 0 Å². The Bertz CT molecular complexity index is 920. The predicted molar refractivity (Wildman–Crippen MR) is 125 cm³/mol. The summed E-state index contributed by atoms with van der Waals surface area (Å²) in [4.78, 5) is 39.3. The highest BCUT2D eigenvalue weighted by Crippen LogP contribution is 2.20. The molecule has 2 aromatic carbocycles. The van der Waals surface area contributed by atoms with Crippen molar-refractivity contribution < 1.29 is 14.4 Å². The molecule has 6 nitrogen and oxygen atoms in total. The average Bonchev–Trinajstić information content (AvgIpc) is 3.01. The number of nitrogens with one attached hydrogen (secondary N) is 2. The van der Waals surface area contributed by atoms with Crippen LogP contribution in [0.15, 0.2) is 54.6 Å². The van der Waals surface area contributed by atoms with Crippen LogP contribution in [0.5, 0.6) is 0 Å². The summed E-state index contributed by atoms with van der Waals surface area (Å²) in [5.74, 6) is -0.266. The smallest absolute Gasteiger partial charge is 0.253 e. The lowest BCUT2D eigenvalue weighted by Gasteiger charge is -2.21. The van der Waals surface area contributed by atoms with Gasteiger partial charge in [0.2, 0.25) is 11.8 Å². The first-order valence-corrected chi connectivity index (χ1v) is 11.6. The van der Waals surface area contributed by atoms with Gasteiger partial charge in [-0.25, -0.2) is 0 Å². The molecule has 0 bridgehead atoms. The fraction of sp³-hybridized carbons (Fsp3) is 0.400. The van der Waals surface area contributed by atoms with Crippen LogP contribution in [0, 0.1) is 0 Å². The van der Waals surface area contributed by atoms with Gasteiger partial charge in [0, 0.05) is 26.1 Å². The molecule has 32 heavy (non-hydrogen) atoms. The zero-order valence-electron chi connectivity index (χ0n) is 18.2. The van der Waals surface area contributed by atoms with Crippen molar-refractivity contribution in [2.45, 2.75) is 44.6 Å². The van der Waals surface area contributed by atoms with Gasteiger partial charge in [-0.05, 0) is 37.0 Å². The van der Waals surface area contributed by atoms with E-state index in [1.807, 2.05) is 35.2 Å². The van der Waals surface area contributed by atoms with E-state index in [9.17, 15) is 14.4 Å². The SMILES string of the molecule is O=C(CC(NC(=O)c1ccccc1Cl)c1ccccc1)NCCCN1CCCCCC1=O. The van der Waals surface area contributed by atoms with Gasteiger partial charge in [0.05, 0.1) is 23.0 Å². The Labute approximate surface area is 194 Å². The van der Waals surface area contributed by atoms with E-state index in [1.54, 1.807) is 24.3 Å². The summed E-state index contributed by atoms with van der Waals surface area (Å²) in [5.41, 5.74) is 1.22. The molecule has 1 unspecified atom stereocenters. The molecule has 3 rings (SSSR count). The van der Waals surface area contributed by atoms with E-state index in [2.05, 4.69) is 10.6 Å². The molecule has 1 heterocycles. The van der Waals surface area contributed by atoms with Crippen molar-refractivity contribution in [1.29, 1.82) is 0 Å². The zero-order valence-corrected chi connectivity index (χ0v) is 18.9. The van der Waals surface area contributed by atoms with Gasteiger partial charge in [0.1, 0.15) is 0 Å². The molecule has 1 aliphatic heterocycles. The number of amides is 3. The third kappa shape index (κ3) is 7.09. The average molecular weight is 456 g/mol. The quantitative estimate of drug-likeness (QED) is 0.558. The molecule has 0 saturated carbocycles. The highest BCUT2D eigenvalue weighted by atomic mass is 35.5. The third-order valence-corrected chi connectivity index (χ3v) is 5.94. The normalized spacial score (nSPS) is 15.0. The van der Waals surface area contributed by atoms with Gasteiger partial charge in [0.25, 0.3) is 5.91 Å². The summed E-state index contributed by atoms with van der Waals surface area (Å²) in [6.45, 7) is 1.95. The summed E-state index contributed by atoms with van der Waals surface area (Å²) in [5, 5.41) is 6.23. The van der Waals surface area contributed by atoms with E-state index in [0.29, 0.717) is 36.5 Å². The van der Waals surface area contributed by atoms with Gasteiger partial charge in [0.15, 0.2) is 0 Å². The Hall–Kier alpha value is -2.86. The maximum Gasteiger partial charge on any atom is 0.253 e. The lowest BCUT2D eigenvalue weighted by atomic mass is 10.0. The lowest BCUT2D eigenvalue weighted by molar-refractivity contribution is -0.130. The second kappa shape index (κ2) is 12.2. The zero-order chi connectivity index (χ0) is 22.8. The van der Waals surface area contributed by atoms with Crippen molar-refractivity contribution in [3.63, 3.8) is 0 Å². The fourth-order valence-corrected chi connectivity index (χ4v) is 4.07. The summed E-state index contributed by atoms with van der Waals surface area (Å²) < 4.78 is 0. The number of hydrogen-bond donors (Lipinski definition) is 2. The minimum atomic E-state index is -0.479. The molecule has 0 aliphatic carbocycles. The molecule has 1 atom stereocenters. The predicted octanol–water partition coefficient (Wildman–Crippen LogP) is 4.11. The Kier molecular flexibility index (Phi) is 9.11. The molecular formula is C25H30ClN3O3. The highest BCUT2D eigenvalue weighted by molar-refractivity contribution is 6.33. The first kappa shape index (κ1) is 23.8. The maximum atomic E-state index is 12.8. The molecule has 0 radical (unpaired) electrons. The minimum absolute atomic E-state index is 0.114. The number of nitrogens with zero attached hydrogens (tertiary/aromatic N) is 1. The monoisotopic (exact) mass is 455 g/mol. The highest BCUT2D eigenvalue weighted by Gasteiger charge is 2.21. The fourth-order valence-electron chi connectivity index (χ4n) is 3.85. The summed E-state index contributed by atoms with van der Waals surface area (Å²) in [6, 6.07) is 15.8. The first-order chi connectivity index (χ1) is 15.5. The van der Waals surface area contributed by atoms with E-state index in [4.69, 9.17) is 11.6 Å². The lowest BCUT2D eigenvalue weighted by Crippen LogP contribution is -2.36. The molecule has 2 aromatic rings. The Morgan fingerprint density at radius 2 is 1.75 bits per heavy atom. The molecule has 0 spiro atoms. The van der Waals surface area contributed by atoms with Crippen molar-refractivity contribution >= 4 is 29.3 Å². The number of carbonyl (C=O) groups excluding carboxylic acids is 3. The van der Waals surface area contributed by atoms with Crippen molar-refractivity contribution in [2.24, 2.45) is 0 Å². The number of carbonyl (C=O) groups is 3. The molecule has 2 N–H and O–H groups in total. The van der Waals surface area contributed by atoms with E-state index >= 15 is 0 Å². The molecule has 1 saturated heterocycles. The second-order valence-corrected chi connectivity index (χ2v) is 8.42. The largest absolute Gasteiger partial charge is 0.356 e. The molecule has 3 amide bonds.